The van der Waals surface area contributed by atoms with Crippen molar-refractivity contribution < 1.29 is 18.7 Å². The molecule has 4 aromatic rings. The predicted octanol–water partition coefficient (Wildman–Crippen LogP) is 4.30. The van der Waals surface area contributed by atoms with Gasteiger partial charge in [0.1, 0.15) is 11.1 Å². The number of nitrogens with zero attached hydrogens (tertiary/aromatic N) is 5. The zero-order valence-corrected chi connectivity index (χ0v) is 21.9. The van der Waals surface area contributed by atoms with Crippen LogP contribution in [0.4, 0.5) is 22.2 Å². The molecule has 5 heterocycles. The molecule has 2 aliphatic rings. The Morgan fingerprint density at radius 1 is 1.16 bits per heavy atom. The molecule has 0 unspecified atom stereocenters. The van der Waals surface area contributed by atoms with Crippen molar-refractivity contribution in [1.82, 2.24) is 25.1 Å². The molecule has 0 spiro atoms. The van der Waals surface area contributed by atoms with Gasteiger partial charge in [-0.05, 0) is 64.3 Å². The number of rotatable bonds is 6. The number of hydrogen-bond donors (Lipinski definition) is 2. The van der Waals surface area contributed by atoms with Crippen molar-refractivity contribution in [2.75, 3.05) is 43.1 Å². The molecule has 0 radical (unpaired) electrons. The summed E-state index contributed by atoms with van der Waals surface area (Å²) < 4.78 is 17.8. The monoisotopic (exact) mass is 519 g/mol. The van der Waals surface area contributed by atoms with Crippen LogP contribution in [0.25, 0.3) is 22.0 Å². The molecule has 3 aromatic heterocycles. The first-order valence-electron chi connectivity index (χ1n) is 13.1. The summed E-state index contributed by atoms with van der Waals surface area (Å²) in [5.74, 6) is 1.89. The smallest absolute Gasteiger partial charge is 0.435 e. The summed E-state index contributed by atoms with van der Waals surface area (Å²) >= 11 is 0. The van der Waals surface area contributed by atoms with E-state index in [9.17, 15) is 4.79 Å². The molecule has 0 aliphatic carbocycles. The quantitative estimate of drug-likeness (QED) is 0.381. The molecule has 2 N–H and O–H groups in total. The normalized spacial score (nSPS) is 17.2. The van der Waals surface area contributed by atoms with Crippen molar-refractivity contribution in [1.29, 1.82) is 0 Å². The molecule has 0 bridgehead atoms. The molecule has 2 aliphatic heterocycles. The number of piperidine rings is 1. The van der Waals surface area contributed by atoms with E-state index < -0.39 is 11.7 Å². The van der Waals surface area contributed by atoms with Gasteiger partial charge in [-0.1, -0.05) is 0 Å². The van der Waals surface area contributed by atoms with E-state index in [0.717, 1.165) is 68.1 Å². The average Bonchev–Trinajstić information content (AvgIpc) is 3.49. The summed E-state index contributed by atoms with van der Waals surface area (Å²) in [6.07, 6.45) is 4.94. The van der Waals surface area contributed by atoms with E-state index in [1.165, 1.54) is 4.68 Å². The van der Waals surface area contributed by atoms with Gasteiger partial charge in [0.25, 0.3) is 0 Å². The number of aromatic nitrogens is 4. The van der Waals surface area contributed by atoms with Gasteiger partial charge in [-0.15, -0.1) is 0 Å². The number of hydrogen-bond acceptors (Lipinski definition) is 10. The summed E-state index contributed by atoms with van der Waals surface area (Å²) in [4.78, 5) is 24.5. The Hall–Kier alpha value is -3.70. The molecular formula is C27H33N7O4. The van der Waals surface area contributed by atoms with Crippen LogP contribution in [-0.2, 0) is 9.47 Å². The molecule has 0 amide bonds. The van der Waals surface area contributed by atoms with Gasteiger partial charge in [-0.3, -0.25) is 0 Å². The van der Waals surface area contributed by atoms with Gasteiger partial charge in [0.2, 0.25) is 5.95 Å². The van der Waals surface area contributed by atoms with Gasteiger partial charge in [-0.25, -0.2) is 9.78 Å². The lowest BCUT2D eigenvalue weighted by atomic mass is 9.96. The summed E-state index contributed by atoms with van der Waals surface area (Å²) in [5.41, 5.74) is 2.19. The third kappa shape index (κ3) is 5.16. The molecule has 6 rings (SSSR count). The first-order valence-corrected chi connectivity index (χ1v) is 13.1. The van der Waals surface area contributed by atoms with Crippen LogP contribution >= 0.6 is 0 Å². The largest absolute Gasteiger partial charge is 0.459 e. The second-order valence-corrected chi connectivity index (χ2v) is 11.0. The van der Waals surface area contributed by atoms with Gasteiger partial charge in [0, 0.05) is 30.2 Å². The van der Waals surface area contributed by atoms with Gasteiger partial charge in [0.15, 0.2) is 11.4 Å². The number of benzene rings is 1. The molecular weight excluding hydrogens is 486 g/mol. The van der Waals surface area contributed by atoms with Crippen molar-refractivity contribution >= 4 is 45.5 Å². The van der Waals surface area contributed by atoms with Crippen LogP contribution in [0.1, 0.15) is 33.6 Å². The van der Waals surface area contributed by atoms with E-state index in [4.69, 9.17) is 18.9 Å². The Morgan fingerprint density at radius 3 is 2.71 bits per heavy atom. The molecule has 11 nitrogen and oxygen atoms in total. The highest BCUT2D eigenvalue weighted by atomic mass is 16.6. The lowest BCUT2D eigenvalue weighted by molar-refractivity contribution is -0.00682. The maximum Gasteiger partial charge on any atom is 0.435 e. The Morgan fingerprint density at radius 2 is 1.97 bits per heavy atom. The molecule has 2 fully saturated rings. The van der Waals surface area contributed by atoms with Crippen molar-refractivity contribution in [3.05, 3.63) is 36.7 Å². The maximum absolute atomic E-state index is 12.7. The van der Waals surface area contributed by atoms with Crippen molar-refractivity contribution in [3.8, 4) is 0 Å². The molecule has 0 atom stereocenters. The summed E-state index contributed by atoms with van der Waals surface area (Å²) in [6, 6.07) is 8.02. The summed E-state index contributed by atoms with van der Waals surface area (Å²) in [5, 5.41) is 12.0. The van der Waals surface area contributed by atoms with Crippen LogP contribution in [0.15, 0.2) is 41.1 Å². The van der Waals surface area contributed by atoms with E-state index in [0.29, 0.717) is 29.0 Å². The number of anilines is 3. The van der Waals surface area contributed by atoms with Crippen molar-refractivity contribution in [2.24, 2.45) is 5.92 Å². The van der Waals surface area contributed by atoms with Crippen LogP contribution in [0.2, 0.25) is 0 Å². The molecule has 11 heteroatoms. The predicted molar refractivity (Wildman–Crippen MR) is 144 cm³/mol. The fourth-order valence-corrected chi connectivity index (χ4v) is 4.83. The second-order valence-electron chi connectivity index (χ2n) is 11.0. The number of fused-ring (bicyclic) bond motifs is 2. The minimum atomic E-state index is -0.619. The van der Waals surface area contributed by atoms with Crippen LogP contribution in [0, 0.1) is 5.92 Å². The number of carbonyl (C=O) groups excluding carboxylic acids is 1. The summed E-state index contributed by atoms with van der Waals surface area (Å²) in [7, 11) is 0. The minimum Gasteiger partial charge on any atom is -0.459 e. The van der Waals surface area contributed by atoms with Crippen LogP contribution in [-0.4, -0.2) is 70.3 Å². The zero-order valence-electron chi connectivity index (χ0n) is 21.9. The fraction of sp³-hybridized carbons (Fsp3) is 0.481. The highest BCUT2D eigenvalue weighted by Gasteiger charge is 2.26. The van der Waals surface area contributed by atoms with Crippen LogP contribution in [0.5, 0.6) is 0 Å². The van der Waals surface area contributed by atoms with Gasteiger partial charge < -0.3 is 29.4 Å². The maximum atomic E-state index is 12.7. The van der Waals surface area contributed by atoms with Gasteiger partial charge in [0.05, 0.1) is 37.2 Å². The molecule has 1 aromatic carbocycles. The number of carbonyl (C=O) groups is 1. The van der Waals surface area contributed by atoms with Crippen LogP contribution < -0.4 is 15.5 Å². The Kier molecular flexibility index (Phi) is 6.40. The van der Waals surface area contributed by atoms with E-state index >= 15 is 0 Å². The third-order valence-corrected chi connectivity index (χ3v) is 6.93. The van der Waals surface area contributed by atoms with Crippen molar-refractivity contribution in [3.63, 3.8) is 0 Å². The number of ether oxygens (including phenoxy) is 2. The van der Waals surface area contributed by atoms with Gasteiger partial charge >= 0.3 is 6.09 Å². The molecule has 2 saturated heterocycles. The SMILES string of the molecule is CC(C)(C)OC(=O)n1ncc2ccc(Nc3nc(N4CCC(CNC5COC5)CC4)c4occc4n3)cc21. The lowest BCUT2D eigenvalue weighted by Crippen LogP contribution is -2.48. The van der Waals surface area contributed by atoms with Crippen molar-refractivity contribution in [2.45, 2.75) is 45.3 Å². The summed E-state index contributed by atoms with van der Waals surface area (Å²) in [6.45, 7) is 9.96. The average molecular weight is 520 g/mol. The fourth-order valence-electron chi connectivity index (χ4n) is 4.83. The third-order valence-electron chi connectivity index (χ3n) is 6.93. The molecule has 200 valence electrons. The Labute approximate surface area is 220 Å². The van der Waals surface area contributed by atoms with E-state index in [2.05, 4.69) is 25.6 Å². The number of furan rings is 1. The van der Waals surface area contributed by atoms with Crippen LogP contribution in [0.3, 0.4) is 0 Å². The van der Waals surface area contributed by atoms with E-state index in [1.807, 2.05) is 45.0 Å². The minimum absolute atomic E-state index is 0.463. The van der Waals surface area contributed by atoms with Gasteiger partial charge in [-0.2, -0.15) is 14.8 Å². The number of nitrogens with one attached hydrogen (secondary N) is 2. The topological polar surface area (TPSA) is 120 Å². The molecule has 38 heavy (non-hydrogen) atoms. The molecule has 0 saturated carbocycles. The second kappa shape index (κ2) is 9.88. The Balaban J connectivity index is 1.20. The highest BCUT2D eigenvalue weighted by molar-refractivity contribution is 5.90. The first kappa shape index (κ1) is 24.6. The van der Waals surface area contributed by atoms with E-state index in [1.54, 1.807) is 12.5 Å². The highest BCUT2D eigenvalue weighted by Crippen LogP contribution is 2.31. The zero-order chi connectivity index (χ0) is 26.3. The first-order chi connectivity index (χ1) is 18.3. The van der Waals surface area contributed by atoms with E-state index in [-0.39, 0.29) is 0 Å². The lowest BCUT2D eigenvalue weighted by Gasteiger charge is -2.35. The standard InChI is InChI=1S/C27H33N7O4/c1-27(2,3)38-26(35)34-22-12-19(5-4-18(22)14-29-34)30-25-31-21-8-11-37-23(21)24(32-25)33-9-6-17(7-10-33)13-28-20-15-36-16-20/h4-5,8,11-12,14,17,20,28H,6-7,9-10,13,15-16H2,1-3H3,(H,30,31,32). The Bertz CT molecular complexity index is 1440.